The standard InChI is InChI=1S/C13H24O4/c1-2-3-4-11(15-9-13-10-17-13)5-6-14-7-12-8-16-12/h11-13H,2-10H2,1H3. The first-order valence-electron chi connectivity index (χ1n) is 6.81. The van der Waals surface area contributed by atoms with E-state index in [1.165, 1.54) is 12.8 Å². The van der Waals surface area contributed by atoms with Gasteiger partial charge in [0.1, 0.15) is 12.2 Å². The molecule has 4 heteroatoms. The lowest BCUT2D eigenvalue weighted by Crippen LogP contribution is -2.19. The zero-order chi connectivity index (χ0) is 11.9. The van der Waals surface area contributed by atoms with Crippen molar-refractivity contribution in [1.82, 2.24) is 0 Å². The van der Waals surface area contributed by atoms with Gasteiger partial charge in [0.15, 0.2) is 0 Å². The van der Waals surface area contributed by atoms with Crippen LogP contribution in [0.4, 0.5) is 0 Å². The predicted molar refractivity (Wildman–Crippen MR) is 64.2 cm³/mol. The molecule has 2 saturated heterocycles. The fraction of sp³-hybridized carbons (Fsp3) is 1.00. The average molecular weight is 244 g/mol. The lowest BCUT2D eigenvalue weighted by molar-refractivity contribution is 0.00713. The molecular weight excluding hydrogens is 220 g/mol. The Bertz CT molecular complexity index is 202. The Morgan fingerprint density at radius 3 is 2.47 bits per heavy atom. The monoisotopic (exact) mass is 244 g/mol. The number of unbranched alkanes of at least 4 members (excludes halogenated alkanes) is 1. The van der Waals surface area contributed by atoms with Crippen LogP contribution in [0.3, 0.4) is 0 Å². The van der Waals surface area contributed by atoms with Crippen LogP contribution in [0.25, 0.3) is 0 Å². The minimum atomic E-state index is 0.333. The van der Waals surface area contributed by atoms with E-state index in [0.29, 0.717) is 18.3 Å². The number of epoxide rings is 2. The van der Waals surface area contributed by atoms with Gasteiger partial charge in [-0.3, -0.25) is 0 Å². The lowest BCUT2D eigenvalue weighted by Gasteiger charge is -2.17. The fourth-order valence-electron chi connectivity index (χ4n) is 1.74. The molecule has 0 N–H and O–H groups in total. The molecule has 0 amide bonds. The normalized spacial score (nSPS) is 28.1. The van der Waals surface area contributed by atoms with Gasteiger partial charge < -0.3 is 18.9 Å². The van der Waals surface area contributed by atoms with Gasteiger partial charge in [0, 0.05) is 6.61 Å². The molecule has 2 heterocycles. The highest BCUT2D eigenvalue weighted by atomic mass is 16.6. The van der Waals surface area contributed by atoms with Gasteiger partial charge in [-0.2, -0.15) is 0 Å². The molecule has 0 aromatic carbocycles. The van der Waals surface area contributed by atoms with Crippen molar-refractivity contribution < 1.29 is 18.9 Å². The van der Waals surface area contributed by atoms with Crippen molar-refractivity contribution in [3.8, 4) is 0 Å². The highest BCUT2D eigenvalue weighted by Gasteiger charge is 2.25. The number of hydrogen-bond acceptors (Lipinski definition) is 4. The highest BCUT2D eigenvalue weighted by molar-refractivity contribution is 4.70. The second kappa shape index (κ2) is 7.31. The third kappa shape index (κ3) is 6.36. The van der Waals surface area contributed by atoms with E-state index in [4.69, 9.17) is 18.9 Å². The Labute approximate surface area is 104 Å². The van der Waals surface area contributed by atoms with Crippen LogP contribution in [0, 0.1) is 0 Å². The minimum Gasteiger partial charge on any atom is -0.379 e. The number of hydrogen-bond donors (Lipinski definition) is 0. The summed E-state index contributed by atoms with van der Waals surface area (Å²) in [5.74, 6) is 0. The minimum absolute atomic E-state index is 0.333. The first-order valence-corrected chi connectivity index (χ1v) is 6.81. The van der Waals surface area contributed by atoms with Gasteiger partial charge in [0.25, 0.3) is 0 Å². The maximum atomic E-state index is 5.85. The summed E-state index contributed by atoms with van der Waals surface area (Å²) >= 11 is 0. The van der Waals surface area contributed by atoms with Crippen LogP contribution < -0.4 is 0 Å². The predicted octanol–water partition coefficient (Wildman–Crippen LogP) is 1.77. The van der Waals surface area contributed by atoms with Crippen molar-refractivity contribution >= 4 is 0 Å². The van der Waals surface area contributed by atoms with Crippen molar-refractivity contribution in [2.24, 2.45) is 0 Å². The van der Waals surface area contributed by atoms with E-state index in [0.717, 1.165) is 45.9 Å². The smallest absolute Gasteiger partial charge is 0.104 e. The van der Waals surface area contributed by atoms with Crippen molar-refractivity contribution in [2.75, 3.05) is 33.0 Å². The van der Waals surface area contributed by atoms with E-state index < -0.39 is 0 Å². The van der Waals surface area contributed by atoms with Crippen molar-refractivity contribution in [1.29, 1.82) is 0 Å². The van der Waals surface area contributed by atoms with Crippen LogP contribution in [0.5, 0.6) is 0 Å². The molecule has 3 unspecified atom stereocenters. The second-order valence-corrected chi connectivity index (χ2v) is 4.87. The molecule has 100 valence electrons. The zero-order valence-electron chi connectivity index (χ0n) is 10.7. The Morgan fingerprint density at radius 2 is 1.82 bits per heavy atom. The lowest BCUT2D eigenvalue weighted by atomic mass is 10.1. The molecule has 3 atom stereocenters. The van der Waals surface area contributed by atoms with Gasteiger partial charge in [-0.15, -0.1) is 0 Å². The molecule has 0 aromatic heterocycles. The van der Waals surface area contributed by atoms with E-state index in [2.05, 4.69) is 6.92 Å². The molecule has 0 saturated carbocycles. The molecule has 0 aliphatic carbocycles. The SMILES string of the molecule is CCCCC(CCOCC1CO1)OCC1CO1. The molecule has 0 aromatic rings. The molecule has 2 fully saturated rings. The summed E-state index contributed by atoms with van der Waals surface area (Å²) in [5.41, 5.74) is 0. The Balaban J connectivity index is 1.51. The molecular formula is C13H24O4. The maximum absolute atomic E-state index is 5.85. The summed E-state index contributed by atoms with van der Waals surface area (Å²) in [6.45, 7) is 6.22. The topological polar surface area (TPSA) is 43.5 Å². The van der Waals surface area contributed by atoms with E-state index in [1.54, 1.807) is 0 Å². The summed E-state index contributed by atoms with van der Waals surface area (Å²) < 4.78 is 21.7. The average Bonchev–Trinajstić information content (AvgIpc) is 3.20. The molecule has 4 nitrogen and oxygen atoms in total. The Hall–Kier alpha value is -0.160. The molecule has 0 bridgehead atoms. The van der Waals surface area contributed by atoms with E-state index >= 15 is 0 Å². The van der Waals surface area contributed by atoms with Crippen LogP contribution in [-0.4, -0.2) is 51.3 Å². The van der Waals surface area contributed by atoms with Crippen LogP contribution in [0.1, 0.15) is 32.6 Å². The van der Waals surface area contributed by atoms with Gasteiger partial charge in [-0.1, -0.05) is 19.8 Å². The Morgan fingerprint density at radius 1 is 1.12 bits per heavy atom. The van der Waals surface area contributed by atoms with Crippen LogP contribution >= 0.6 is 0 Å². The quantitative estimate of drug-likeness (QED) is 0.410. The zero-order valence-corrected chi connectivity index (χ0v) is 10.7. The third-order valence-corrected chi connectivity index (χ3v) is 3.09. The van der Waals surface area contributed by atoms with Gasteiger partial charge >= 0.3 is 0 Å². The van der Waals surface area contributed by atoms with Crippen molar-refractivity contribution in [3.63, 3.8) is 0 Å². The van der Waals surface area contributed by atoms with Gasteiger partial charge in [0.2, 0.25) is 0 Å². The van der Waals surface area contributed by atoms with Gasteiger partial charge in [0.05, 0.1) is 32.5 Å². The van der Waals surface area contributed by atoms with E-state index in [9.17, 15) is 0 Å². The third-order valence-electron chi connectivity index (χ3n) is 3.09. The van der Waals surface area contributed by atoms with Crippen molar-refractivity contribution in [3.05, 3.63) is 0 Å². The molecule has 0 radical (unpaired) electrons. The largest absolute Gasteiger partial charge is 0.379 e. The fourth-order valence-corrected chi connectivity index (χ4v) is 1.74. The highest BCUT2D eigenvalue weighted by Crippen LogP contribution is 2.15. The van der Waals surface area contributed by atoms with Gasteiger partial charge in [-0.05, 0) is 12.8 Å². The summed E-state index contributed by atoms with van der Waals surface area (Å²) in [5, 5.41) is 0. The summed E-state index contributed by atoms with van der Waals surface area (Å²) in [6.07, 6.45) is 5.62. The molecule has 2 aliphatic heterocycles. The van der Waals surface area contributed by atoms with E-state index in [1.807, 2.05) is 0 Å². The maximum Gasteiger partial charge on any atom is 0.104 e. The Kier molecular flexibility index (Phi) is 5.71. The molecule has 2 rings (SSSR count). The second-order valence-electron chi connectivity index (χ2n) is 4.87. The molecule has 17 heavy (non-hydrogen) atoms. The number of rotatable bonds is 11. The molecule has 2 aliphatic rings. The first kappa shape index (κ1) is 13.3. The summed E-state index contributed by atoms with van der Waals surface area (Å²) in [7, 11) is 0. The summed E-state index contributed by atoms with van der Waals surface area (Å²) in [4.78, 5) is 0. The van der Waals surface area contributed by atoms with Crippen LogP contribution in [0.2, 0.25) is 0 Å². The van der Waals surface area contributed by atoms with Crippen LogP contribution in [0.15, 0.2) is 0 Å². The van der Waals surface area contributed by atoms with Gasteiger partial charge in [-0.25, -0.2) is 0 Å². The van der Waals surface area contributed by atoms with Crippen LogP contribution in [-0.2, 0) is 18.9 Å². The van der Waals surface area contributed by atoms with E-state index in [-0.39, 0.29) is 0 Å². The van der Waals surface area contributed by atoms with Crippen molar-refractivity contribution in [2.45, 2.75) is 50.9 Å². The summed E-state index contributed by atoms with van der Waals surface area (Å²) in [6, 6.07) is 0. The number of ether oxygens (including phenoxy) is 4. The first-order chi connectivity index (χ1) is 8.38. The molecule has 0 spiro atoms.